The third-order valence-corrected chi connectivity index (χ3v) is 4.31. The van der Waals surface area contributed by atoms with Crippen LogP contribution in [-0.4, -0.2) is 29.1 Å². The molecule has 0 bridgehead atoms. The number of carbonyl (C=O) groups is 2. The molecule has 0 saturated carbocycles. The molecule has 0 saturated heterocycles. The number of rotatable bonds is 7. The third-order valence-electron chi connectivity index (χ3n) is 4.31. The molecule has 2 aromatic carbocycles. The minimum Gasteiger partial charge on any atom is -0.484 e. The summed E-state index contributed by atoms with van der Waals surface area (Å²) in [5, 5.41) is 14.0. The third kappa shape index (κ3) is 4.47. The molecule has 1 atom stereocenters. The Morgan fingerprint density at radius 1 is 1.17 bits per heavy atom. The molecule has 1 amide bonds. The van der Waals surface area contributed by atoms with Gasteiger partial charge in [0.25, 0.3) is 5.91 Å². The summed E-state index contributed by atoms with van der Waals surface area (Å²) in [6, 6.07) is 13.5. The van der Waals surface area contributed by atoms with E-state index in [0.717, 1.165) is 10.8 Å². The lowest BCUT2D eigenvalue weighted by Crippen LogP contribution is -2.52. The Kier molecular flexibility index (Phi) is 5.44. The van der Waals surface area contributed by atoms with Gasteiger partial charge in [-0.05, 0) is 35.7 Å². The van der Waals surface area contributed by atoms with Crippen molar-refractivity contribution in [3.63, 3.8) is 0 Å². The van der Waals surface area contributed by atoms with E-state index < -0.39 is 11.5 Å². The molecule has 0 aliphatic heterocycles. The predicted octanol–water partition coefficient (Wildman–Crippen LogP) is 3.22. The molecule has 2 rings (SSSR count). The second-order valence-corrected chi connectivity index (χ2v) is 6.49. The zero-order valence-electron chi connectivity index (χ0n) is 14.2. The number of benzene rings is 2. The van der Waals surface area contributed by atoms with Crippen molar-refractivity contribution in [1.29, 1.82) is 0 Å². The SMILES string of the molecule is CC(C)C(C)(CC(=O)O)NC(=O)COc1ccc2ccccc2c1. The van der Waals surface area contributed by atoms with Gasteiger partial charge in [0.05, 0.1) is 12.0 Å². The van der Waals surface area contributed by atoms with Crippen molar-refractivity contribution >= 4 is 22.6 Å². The molecule has 0 fully saturated rings. The Labute approximate surface area is 141 Å². The minimum absolute atomic E-state index is 0.0155. The fraction of sp³-hybridized carbons (Fsp3) is 0.368. The minimum atomic E-state index is -0.943. The predicted molar refractivity (Wildman–Crippen MR) is 93.1 cm³/mol. The maximum Gasteiger partial charge on any atom is 0.305 e. The van der Waals surface area contributed by atoms with Crippen LogP contribution in [0, 0.1) is 5.92 Å². The molecular weight excluding hydrogens is 306 g/mol. The van der Waals surface area contributed by atoms with Gasteiger partial charge in [0, 0.05) is 0 Å². The number of hydrogen-bond donors (Lipinski definition) is 2. The van der Waals surface area contributed by atoms with Crippen molar-refractivity contribution in [2.24, 2.45) is 5.92 Å². The molecule has 0 radical (unpaired) electrons. The Bertz CT molecular complexity index is 741. The lowest BCUT2D eigenvalue weighted by molar-refractivity contribution is -0.139. The number of carboxylic acid groups (broad SMARTS) is 1. The number of hydrogen-bond acceptors (Lipinski definition) is 3. The van der Waals surface area contributed by atoms with Crippen molar-refractivity contribution < 1.29 is 19.4 Å². The largest absolute Gasteiger partial charge is 0.484 e. The van der Waals surface area contributed by atoms with Gasteiger partial charge < -0.3 is 15.2 Å². The Balaban J connectivity index is 1.99. The lowest BCUT2D eigenvalue weighted by atomic mass is 9.85. The van der Waals surface area contributed by atoms with E-state index in [4.69, 9.17) is 9.84 Å². The van der Waals surface area contributed by atoms with E-state index in [0.29, 0.717) is 5.75 Å². The monoisotopic (exact) mass is 329 g/mol. The van der Waals surface area contributed by atoms with E-state index in [1.165, 1.54) is 0 Å². The lowest BCUT2D eigenvalue weighted by Gasteiger charge is -2.33. The highest BCUT2D eigenvalue weighted by Crippen LogP contribution is 2.22. The van der Waals surface area contributed by atoms with Crippen molar-refractivity contribution in [2.75, 3.05) is 6.61 Å². The fourth-order valence-corrected chi connectivity index (χ4v) is 2.47. The molecular formula is C19H23NO4. The van der Waals surface area contributed by atoms with E-state index >= 15 is 0 Å². The summed E-state index contributed by atoms with van der Waals surface area (Å²) in [7, 11) is 0. The number of fused-ring (bicyclic) bond motifs is 1. The average Bonchev–Trinajstić information content (AvgIpc) is 2.51. The molecule has 1 unspecified atom stereocenters. The highest BCUT2D eigenvalue weighted by Gasteiger charge is 2.32. The molecule has 0 aliphatic rings. The van der Waals surface area contributed by atoms with E-state index in [1.54, 1.807) is 6.92 Å². The number of amides is 1. The molecule has 0 heterocycles. The quantitative estimate of drug-likeness (QED) is 0.818. The first kappa shape index (κ1) is 17.8. The van der Waals surface area contributed by atoms with Crippen molar-refractivity contribution in [3.8, 4) is 5.75 Å². The molecule has 128 valence electrons. The molecule has 24 heavy (non-hydrogen) atoms. The number of nitrogens with one attached hydrogen (secondary N) is 1. The molecule has 2 N–H and O–H groups in total. The topological polar surface area (TPSA) is 75.6 Å². The molecule has 0 spiro atoms. The van der Waals surface area contributed by atoms with Crippen molar-refractivity contribution in [1.82, 2.24) is 5.32 Å². The first-order valence-corrected chi connectivity index (χ1v) is 7.94. The highest BCUT2D eigenvalue weighted by molar-refractivity contribution is 5.84. The normalized spacial score (nSPS) is 13.5. The van der Waals surface area contributed by atoms with Gasteiger partial charge in [0.1, 0.15) is 5.75 Å². The maximum atomic E-state index is 12.2. The van der Waals surface area contributed by atoms with Gasteiger partial charge in [-0.3, -0.25) is 9.59 Å². The van der Waals surface area contributed by atoms with Crippen LogP contribution in [-0.2, 0) is 9.59 Å². The van der Waals surface area contributed by atoms with Crippen LogP contribution in [0.25, 0.3) is 10.8 Å². The summed E-state index contributed by atoms with van der Waals surface area (Å²) in [5.41, 5.74) is -0.810. The molecule has 5 heteroatoms. The van der Waals surface area contributed by atoms with Crippen LogP contribution in [0.5, 0.6) is 5.75 Å². The second kappa shape index (κ2) is 7.34. The number of carbonyl (C=O) groups excluding carboxylic acids is 1. The fourth-order valence-electron chi connectivity index (χ4n) is 2.47. The number of aliphatic carboxylic acids is 1. The van der Waals surface area contributed by atoms with Crippen molar-refractivity contribution in [3.05, 3.63) is 42.5 Å². The summed E-state index contributed by atoms with van der Waals surface area (Å²) < 4.78 is 5.55. The van der Waals surface area contributed by atoms with E-state index in [2.05, 4.69) is 5.32 Å². The number of ether oxygens (including phenoxy) is 1. The van der Waals surface area contributed by atoms with Gasteiger partial charge in [-0.1, -0.05) is 44.2 Å². The summed E-state index contributed by atoms with van der Waals surface area (Å²) in [4.78, 5) is 23.2. The first-order valence-electron chi connectivity index (χ1n) is 7.94. The van der Waals surface area contributed by atoms with Crippen LogP contribution >= 0.6 is 0 Å². The van der Waals surface area contributed by atoms with E-state index in [9.17, 15) is 9.59 Å². The molecule has 2 aromatic rings. The van der Waals surface area contributed by atoms with Crippen LogP contribution in [0.2, 0.25) is 0 Å². The Morgan fingerprint density at radius 3 is 2.46 bits per heavy atom. The van der Waals surface area contributed by atoms with Crippen LogP contribution in [0.15, 0.2) is 42.5 Å². The summed E-state index contributed by atoms with van der Waals surface area (Å²) >= 11 is 0. The first-order chi connectivity index (χ1) is 11.3. The summed E-state index contributed by atoms with van der Waals surface area (Å²) in [5.74, 6) is -0.686. The van der Waals surface area contributed by atoms with Crippen LogP contribution in [0.1, 0.15) is 27.2 Å². The van der Waals surface area contributed by atoms with Gasteiger partial charge >= 0.3 is 5.97 Å². The van der Waals surface area contributed by atoms with Gasteiger partial charge in [0.15, 0.2) is 6.61 Å². The number of carboxylic acids is 1. The van der Waals surface area contributed by atoms with Gasteiger partial charge in [-0.25, -0.2) is 0 Å². The van der Waals surface area contributed by atoms with Gasteiger partial charge in [0.2, 0.25) is 0 Å². The zero-order chi connectivity index (χ0) is 17.7. The highest BCUT2D eigenvalue weighted by atomic mass is 16.5. The summed E-state index contributed by atoms with van der Waals surface area (Å²) in [6.45, 7) is 5.35. The maximum absolute atomic E-state index is 12.2. The van der Waals surface area contributed by atoms with Crippen molar-refractivity contribution in [2.45, 2.75) is 32.7 Å². The van der Waals surface area contributed by atoms with Crippen LogP contribution in [0.4, 0.5) is 0 Å². The standard InChI is InChI=1S/C19H23NO4/c1-13(2)19(3,11-18(22)23)20-17(21)12-24-16-9-8-14-6-4-5-7-15(14)10-16/h4-10,13H,11-12H2,1-3H3,(H,20,21)(H,22,23). The Morgan fingerprint density at radius 2 is 1.83 bits per heavy atom. The molecule has 5 nitrogen and oxygen atoms in total. The second-order valence-electron chi connectivity index (χ2n) is 6.49. The Hall–Kier alpha value is -2.56. The van der Waals surface area contributed by atoms with Crippen LogP contribution in [0.3, 0.4) is 0 Å². The molecule has 0 aliphatic carbocycles. The zero-order valence-corrected chi connectivity index (χ0v) is 14.2. The smallest absolute Gasteiger partial charge is 0.305 e. The van der Waals surface area contributed by atoms with E-state index in [1.807, 2.05) is 56.3 Å². The van der Waals surface area contributed by atoms with Gasteiger partial charge in [-0.15, -0.1) is 0 Å². The van der Waals surface area contributed by atoms with E-state index in [-0.39, 0.29) is 24.9 Å². The van der Waals surface area contributed by atoms with Gasteiger partial charge in [-0.2, -0.15) is 0 Å². The molecule has 0 aromatic heterocycles. The average molecular weight is 329 g/mol. The summed E-state index contributed by atoms with van der Waals surface area (Å²) in [6.07, 6.45) is -0.133. The van der Waals surface area contributed by atoms with Crippen LogP contribution < -0.4 is 10.1 Å².